The van der Waals surface area contributed by atoms with Crippen molar-refractivity contribution in [2.45, 2.75) is 16.9 Å². The Morgan fingerprint density at radius 2 is 1.67 bits per heavy atom. The number of methoxy groups -OCH3 is 1. The van der Waals surface area contributed by atoms with E-state index in [1.807, 2.05) is 31.2 Å². The summed E-state index contributed by atoms with van der Waals surface area (Å²) in [6, 6.07) is 14.6. The van der Waals surface area contributed by atoms with Gasteiger partial charge in [-0.1, -0.05) is 64.1 Å². The number of halogens is 4. The van der Waals surface area contributed by atoms with Gasteiger partial charge in [-0.15, -0.1) is 0 Å². The first-order valence-corrected chi connectivity index (χ1v) is 9.69. The van der Waals surface area contributed by atoms with Gasteiger partial charge in [0.25, 0.3) is 0 Å². The molecule has 0 heterocycles. The topological polar surface area (TPSA) is 45.6 Å². The molecule has 144 valence electrons. The molecule has 0 saturated carbocycles. The van der Waals surface area contributed by atoms with Gasteiger partial charge in [0.15, 0.2) is 11.3 Å². The van der Waals surface area contributed by atoms with E-state index < -0.39 is 9.96 Å². The van der Waals surface area contributed by atoms with Gasteiger partial charge in [-0.2, -0.15) is 0 Å². The fourth-order valence-electron chi connectivity index (χ4n) is 2.07. The number of aliphatic imine (C=N–C) groups is 1. The Bertz CT molecular complexity index is 805. The summed E-state index contributed by atoms with van der Waals surface area (Å²) in [5.74, 6) is 0.313. The molecule has 2 N–H and O–H groups in total. The molecule has 0 fully saturated rings. The van der Waals surface area contributed by atoms with Crippen molar-refractivity contribution < 1.29 is 4.74 Å². The molecule has 27 heavy (non-hydrogen) atoms. The molecule has 1 unspecified atom stereocenters. The molecule has 2 aromatic rings. The minimum absolute atomic E-state index is 0.233. The van der Waals surface area contributed by atoms with Crippen LogP contribution in [-0.2, 0) is 4.74 Å². The number of hydrogen-bond acceptors (Lipinski definition) is 3. The molecular weight excluding hydrogens is 448 g/mol. The first-order chi connectivity index (χ1) is 12.7. The van der Waals surface area contributed by atoms with Crippen LogP contribution >= 0.6 is 58.6 Å². The zero-order chi connectivity index (χ0) is 20.0. The number of alkyl halides is 3. The van der Waals surface area contributed by atoms with Crippen LogP contribution in [0.2, 0.25) is 5.02 Å². The fraction of sp³-hybridized carbons (Fsp3) is 0.222. The summed E-state index contributed by atoms with van der Waals surface area (Å²) in [5, 5.41) is 6.73. The van der Waals surface area contributed by atoms with Crippen LogP contribution in [0.3, 0.4) is 0 Å². The van der Waals surface area contributed by atoms with Crippen LogP contribution in [0, 0.1) is 6.92 Å². The van der Waals surface area contributed by atoms with Crippen LogP contribution < -0.4 is 10.6 Å². The Balaban J connectivity index is 2.19. The molecule has 0 saturated heterocycles. The molecule has 0 amide bonds. The number of nitrogens with zero attached hydrogens (tertiary/aromatic N) is 1. The molecule has 1 atom stereocenters. The van der Waals surface area contributed by atoms with Gasteiger partial charge in [-0.25, -0.2) is 4.99 Å². The Morgan fingerprint density at radius 1 is 1.07 bits per heavy atom. The SMILES string of the molecule is CO/C(=N\C(NC(=S)Nc1ccc(Cl)cc1)C(Cl)(Cl)Cl)c1ccc(C)cc1. The molecule has 0 aliphatic rings. The number of hydrogen-bond donors (Lipinski definition) is 2. The van der Waals surface area contributed by atoms with Crippen molar-refractivity contribution in [1.82, 2.24) is 5.32 Å². The van der Waals surface area contributed by atoms with Crippen LogP contribution in [-0.4, -0.2) is 28.1 Å². The monoisotopic (exact) mass is 463 g/mol. The van der Waals surface area contributed by atoms with Gasteiger partial charge in [0.2, 0.25) is 9.69 Å². The summed E-state index contributed by atoms with van der Waals surface area (Å²) >= 11 is 29.4. The lowest BCUT2D eigenvalue weighted by molar-refractivity contribution is 0.397. The standard InChI is InChI=1S/C18H17Cl4N3OS/c1-11-3-5-12(6-4-11)15(26-2)24-16(18(20,21)22)25-17(27)23-14-9-7-13(19)8-10-14/h3-10,16H,1-2H3,(H2,23,25,27)/b24-15-. The number of rotatable bonds is 4. The summed E-state index contributed by atoms with van der Waals surface area (Å²) in [6.07, 6.45) is -0.981. The second kappa shape index (κ2) is 9.80. The molecular formula is C18H17Cl4N3OS. The maximum Gasteiger partial charge on any atom is 0.230 e. The second-order valence-corrected chi connectivity index (χ2v) is 8.77. The van der Waals surface area contributed by atoms with Gasteiger partial charge in [0, 0.05) is 16.3 Å². The zero-order valence-corrected chi connectivity index (χ0v) is 18.3. The minimum Gasteiger partial charge on any atom is -0.481 e. The number of nitrogens with one attached hydrogen (secondary N) is 2. The molecule has 0 spiro atoms. The molecule has 0 radical (unpaired) electrons. The van der Waals surface area contributed by atoms with Crippen molar-refractivity contribution in [2.24, 2.45) is 4.99 Å². The molecule has 0 aromatic heterocycles. The molecule has 2 rings (SSSR count). The van der Waals surface area contributed by atoms with Crippen molar-refractivity contribution in [3.63, 3.8) is 0 Å². The average molecular weight is 465 g/mol. The molecule has 0 aliphatic carbocycles. The van der Waals surface area contributed by atoms with Gasteiger partial charge >= 0.3 is 0 Å². The van der Waals surface area contributed by atoms with Crippen molar-refractivity contribution in [1.29, 1.82) is 0 Å². The molecule has 0 aliphatic heterocycles. The van der Waals surface area contributed by atoms with Gasteiger partial charge in [0.05, 0.1) is 7.11 Å². The zero-order valence-electron chi connectivity index (χ0n) is 14.5. The van der Waals surface area contributed by atoms with E-state index in [0.29, 0.717) is 10.9 Å². The maximum atomic E-state index is 6.08. The van der Waals surface area contributed by atoms with Crippen LogP contribution in [0.4, 0.5) is 5.69 Å². The van der Waals surface area contributed by atoms with Crippen molar-refractivity contribution in [3.8, 4) is 0 Å². The molecule has 4 nitrogen and oxygen atoms in total. The van der Waals surface area contributed by atoms with Crippen LogP contribution in [0.15, 0.2) is 53.5 Å². The van der Waals surface area contributed by atoms with Gasteiger partial charge in [0.1, 0.15) is 0 Å². The molecule has 0 bridgehead atoms. The van der Waals surface area contributed by atoms with Gasteiger partial charge in [-0.3, -0.25) is 0 Å². The summed E-state index contributed by atoms with van der Waals surface area (Å²) in [6.45, 7) is 1.99. The van der Waals surface area contributed by atoms with Crippen LogP contribution in [0.5, 0.6) is 0 Å². The predicted molar refractivity (Wildman–Crippen MR) is 120 cm³/mol. The Labute approximate surface area is 183 Å². The summed E-state index contributed by atoms with van der Waals surface area (Å²) in [7, 11) is 1.50. The normalized spacial score (nSPS) is 13.0. The number of anilines is 1. The smallest absolute Gasteiger partial charge is 0.230 e. The first-order valence-electron chi connectivity index (χ1n) is 7.77. The third-order valence-electron chi connectivity index (χ3n) is 3.42. The number of benzene rings is 2. The second-order valence-electron chi connectivity index (χ2n) is 5.55. The maximum absolute atomic E-state index is 6.08. The Hall–Kier alpha value is -1.24. The van der Waals surface area contributed by atoms with Crippen LogP contribution in [0.1, 0.15) is 11.1 Å². The van der Waals surface area contributed by atoms with Gasteiger partial charge in [-0.05, 0) is 55.5 Å². The van der Waals surface area contributed by atoms with Crippen molar-refractivity contribution >= 4 is 75.3 Å². The predicted octanol–water partition coefficient (Wildman–Crippen LogP) is 5.72. The van der Waals surface area contributed by atoms with E-state index in [9.17, 15) is 0 Å². The van der Waals surface area contributed by atoms with E-state index in [0.717, 1.165) is 16.8 Å². The third-order valence-corrected chi connectivity index (χ3v) is 4.51. The van der Waals surface area contributed by atoms with Crippen LogP contribution in [0.25, 0.3) is 0 Å². The van der Waals surface area contributed by atoms with Gasteiger partial charge < -0.3 is 15.4 Å². The Morgan fingerprint density at radius 3 is 2.19 bits per heavy atom. The largest absolute Gasteiger partial charge is 0.481 e. The van der Waals surface area contributed by atoms with E-state index in [2.05, 4.69) is 15.6 Å². The number of thiocarbonyl (C=S) groups is 1. The Kier molecular flexibility index (Phi) is 8.01. The van der Waals surface area contributed by atoms with Crippen molar-refractivity contribution in [2.75, 3.05) is 12.4 Å². The summed E-state index contributed by atoms with van der Waals surface area (Å²) in [4.78, 5) is 4.40. The lowest BCUT2D eigenvalue weighted by Crippen LogP contribution is -2.45. The highest BCUT2D eigenvalue weighted by Gasteiger charge is 2.34. The number of ether oxygens (including phenoxy) is 1. The van der Waals surface area contributed by atoms with E-state index in [-0.39, 0.29) is 5.11 Å². The minimum atomic E-state index is -1.76. The lowest BCUT2D eigenvalue weighted by Gasteiger charge is -2.24. The van der Waals surface area contributed by atoms with E-state index in [4.69, 9.17) is 63.4 Å². The van der Waals surface area contributed by atoms with Crippen molar-refractivity contribution in [3.05, 3.63) is 64.7 Å². The number of aryl methyl sites for hydroxylation is 1. The summed E-state index contributed by atoms with van der Waals surface area (Å²) in [5.41, 5.74) is 2.59. The highest BCUT2D eigenvalue weighted by Crippen LogP contribution is 2.31. The van der Waals surface area contributed by atoms with E-state index in [1.54, 1.807) is 24.3 Å². The molecule has 2 aromatic carbocycles. The highest BCUT2D eigenvalue weighted by atomic mass is 35.6. The highest BCUT2D eigenvalue weighted by molar-refractivity contribution is 7.80. The first kappa shape index (κ1) is 22.1. The summed E-state index contributed by atoms with van der Waals surface area (Å²) < 4.78 is 3.61. The quantitative estimate of drug-likeness (QED) is 0.262. The van der Waals surface area contributed by atoms with E-state index in [1.165, 1.54) is 7.11 Å². The third kappa shape index (κ3) is 7.01. The fourth-order valence-corrected chi connectivity index (χ4v) is 2.74. The lowest BCUT2D eigenvalue weighted by atomic mass is 10.1. The molecule has 9 heteroatoms. The average Bonchev–Trinajstić information content (AvgIpc) is 2.60. The van der Waals surface area contributed by atoms with E-state index >= 15 is 0 Å².